The third kappa shape index (κ3) is 2.83. The van der Waals surface area contributed by atoms with Crippen LogP contribution in [0.15, 0.2) is 30.6 Å². The van der Waals surface area contributed by atoms with Crippen LogP contribution in [0.4, 0.5) is 5.13 Å². The number of pyridine rings is 1. The lowest BCUT2D eigenvalue weighted by molar-refractivity contribution is 0.103. The number of thiophene rings is 1. The molecule has 0 unspecified atom stereocenters. The van der Waals surface area contributed by atoms with Crippen LogP contribution in [0.3, 0.4) is 0 Å². The monoisotopic (exact) mass is 369 g/mol. The number of amides is 1. The van der Waals surface area contributed by atoms with Gasteiger partial charge in [-0.15, -0.1) is 21.5 Å². The van der Waals surface area contributed by atoms with Crippen molar-refractivity contribution >= 4 is 43.9 Å². The molecule has 0 aliphatic heterocycles. The van der Waals surface area contributed by atoms with Crippen molar-refractivity contribution in [2.24, 2.45) is 0 Å². The highest BCUT2D eigenvalue weighted by Gasteiger charge is 2.23. The minimum atomic E-state index is -0.195. The van der Waals surface area contributed by atoms with E-state index in [-0.39, 0.29) is 5.91 Å². The predicted molar refractivity (Wildman–Crippen MR) is 101 cm³/mol. The molecule has 0 spiro atoms. The summed E-state index contributed by atoms with van der Waals surface area (Å²) >= 11 is 2.75. The Kier molecular flexibility index (Phi) is 3.85. The lowest BCUT2D eigenvalue weighted by Crippen LogP contribution is -2.12. The molecule has 8 heteroatoms. The second kappa shape index (κ2) is 6.05. The van der Waals surface area contributed by atoms with Gasteiger partial charge in [0.25, 0.3) is 5.91 Å². The van der Waals surface area contributed by atoms with Crippen molar-refractivity contribution in [2.45, 2.75) is 20.8 Å². The predicted octanol–water partition coefficient (Wildman–Crippen LogP) is 4.12. The minimum absolute atomic E-state index is 0.195. The molecule has 0 bridgehead atoms. The Morgan fingerprint density at radius 1 is 1.12 bits per heavy atom. The Balaban J connectivity index is 1.89. The normalized spacial score (nSPS) is 11.2. The van der Waals surface area contributed by atoms with Crippen LogP contribution in [0.25, 0.3) is 15.9 Å². The number of hydrogen-bond donors (Lipinski definition) is 1. The zero-order valence-electron chi connectivity index (χ0n) is 13.9. The van der Waals surface area contributed by atoms with Gasteiger partial charge in [-0.1, -0.05) is 11.3 Å². The maximum atomic E-state index is 12.9. The first kappa shape index (κ1) is 15.9. The van der Waals surface area contributed by atoms with Gasteiger partial charge in [-0.2, -0.15) is 0 Å². The molecule has 0 radical (unpaired) electrons. The quantitative estimate of drug-likeness (QED) is 0.590. The van der Waals surface area contributed by atoms with E-state index in [4.69, 9.17) is 0 Å². The van der Waals surface area contributed by atoms with Gasteiger partial charge in [-0.05, 0) is 44.5 Å². The van der Waals surface area contributed by atoms with Crippen LogP contribution >= 0.6 is 22.7 Å². The highest BCUT2D eigenvalue weighted by atomic mass is 32.1. The van der Waals surface area contributed by atoms with Crippen molar-refractivity contribution in [3.05, 3.63) is 51.7 Å². The Morgan fingerprint density at radius 3 is 2.56 bits per heavy atom. The fraction of sp³-hybridized carbons (Fsp3) is 0.176. The van der Waals surface area contributed by atoms with E-state index in [2.05, 4.69) is 20.5 Å². The van der Waals surface area contributed by atoms with Crippen LogP contribution in [0.5, 0.6) is 0 Å². The standard InChI is InChI=1S/C17H15N5OS2/c1-9-8-10(2)18-16-12(9)13(22-6-4-5-7-22)14(25-16)15(23)19-17-21-20-11(3)24-17/h4-8H,1-3H3,(H,19,21,23). The summed E-state index contributed by atoms with van der Waals surface area (Å²) in [6, 6.07) is 5.92. The molecule has 6 nitrogen and oxygen atoms in total. The number of hydrogen-bond acceptors (Lipinski definition) is 6. The molecule has 0 aromatic carbocycles. The molecule has 0 aliphatic rings. The summed E-state index contributed by atoms with van der Waals surface area (Å²) in [7, 11) is 0. The molecule has 4 aromatic rings. The third-order valence-electron chi connectivity index (χ3n) is 3.78. The largest absolute Gasteiger partial charge is 0.322 e. The molecule has 1 N–H and O–H groups in total. The first-order valence-electron chi connectivity index (χ1n) is 7.68. The molecular formula is C17H15N5OS2. The zero-order chi connectivity index (χ0) is 17.6. The van der Waals surface area contributed by atoms with Gasteiger partial charge >= 0.3 is 0 Å². The summed E-state index contributed by atoms with van der Waals surface area (Å²) in [4.78, 5) is 19.0. The number of carbonyl (C=O) groups is 1. The number of fused-ring (bicyclic) bond motifs is 1. The maximum Gasteiger partial charge on any atom is 0.269 e. The smallest absolute Gasteiger partial charge is 0.269 e. The fourth-order valence-corrected chi connectivity index (χ4v) is 4.59. The highest BCUT2D eigenvalue weighted by Crippen LogP contribution is 2.36. The van der Waals surface area contributed by atoms with Crippen molar-refractivity contribution < 1.29 is 4.79 Å². The zero-order valence-corrected chi connectivity index (χ0v) is 15.5. The number of rotatable bonds is 3. The van der Waals surface area contributed by atoms with Gasteiger partial charge in [-0.3, -0.25) is 10.1 Å². The van der Waals surface area contributed by atoms with Crippen molar-refractivity contribution in [3.8, 4) is 5.69 Å². The van der Waals surface area contributed by atoms with Crippen LogP contribution in [-0.2, 0) is 0 Å². The number of nitrogens with zero attached hydrogens (tertiary/aromatic N) is 4. The Hall–Kier alpha value is -2.58. The van der Waals surface area contributed by atoms with E-state index in [1.54, 1.807) is 0 Å². The highest BCUT2D eigenvalue weighted by molar-refractivity contribution is 7.21. The summed E-state index contributed by atoms with van der Waals surface area (Å²) in [5.74, 6) is -0.195. The van der Waals surface area contributed by atoms with Gasteiger partial charge in [0.2, 0.25) is 5.13 Å². The van der Waals surface area contributed by atoms with Gasteiger partial charge in [0.15, 0.2) is 0 Å². The van der Waals surface area contributed by atoms with Crippen LogP contribution in [0.1, 0.15) is 25.9 Å². The second-order valence-electron chi connectivity index (χ2n) is 5.71. The topological polar surface area (TPSA) is 72.7 Å². The molecule has 25 heavy (non-hydrogen) atoms. The fourth-order valence-electron chi connectivity index (χ4n) is 2.81. The van der Waals surface area contributed by atoms with E-state index in [0.717, 1.165) is 32.2 Å². The number of carbonyl (C=O) groups excluding carboxylic acids is 1. The second-order valence-corrected chi connectivity index (χ2v) is 7.89. The van der Waals surface area contributed by atoms with Gasteiger partial charge in [0.1, 0.15) is 14.7 Å². The molecule has 0 fully saturated rings. The van der Waals surface area contributed by atoms with Gasteiger partial charge < -0.3 is 4.57 Å². The summed E-state index contributed by atoms with van der Waals surface area (Å²) in [5.41, 5.74) is 2.90. The number of aromatic nitrogens is 4. The van der Waals surface area contributed by atoms with Gasteiger partial charge in [0, 0.05) is 23.5 Å². The summed E-state index contributed by atoms with van der Waals surface area (Å²) in [6.07, 6.45) is 3.87. The molecule has 4 rings (SSSR count). The Labute approximate surface area is 152 Å². The molecule has 4 heterocycles. The SMILES string of the molecule is Cc1cc(C)c2c(-n3cccc3)c(C(=O)Nc3nnc(C)s3)sc2n1. The van der Waals surface area contributed by atoms with E-state index < -0.39 is 0 Å². The molecule has 0 saturated carbocycles. The van der Waals surface area contributed by atoms with Crippen molar-refractivity contribution in [2.75, 3.05) is 5.32 Å². The average molecular weight is 369 g/mol. The van der Waals surface area contributed by atoms with Crippen LogP contribution in [0.2, 0.25) is 0 Å². The van der Waals surface area contributed by atoms with E-state index in [0.29, 0.717) is 10.0 Å². The molecule has 0 saturated heterocycles. The molecule has 0 aliphatic carbocycles. The first-order valence-corrected chi connectivity index (χ1v) is 9.32. The van der Waals surface area contributed by atoms with E-state index in [9.17, 15) is 4.79 Å². The van der Waals surface area contributed by atoms with E-state index >= 15 is 0 Å². The minimum Gasteiger partial charge on any atom is -0.322 e. The summed E-state index contributed by atoms with van der Waals surface area (Å²) in [5, 5.41) is 13.1. The molecule has 4 aromatic heterocycles. The molecule has 126 valence electrons. The first-order chi connectivity index (χ1) is 12.0. The number of anilines is 1. The maximum absolute atomic E-state index is 12.9. The molecule has 1 amide bonds. The molecular weight excluding hydrogens is 354 g/mol. The lowest BCUT2D eigenvalue weighted by Gasteiger charge is -2.07. The average Bonchev–Trinajstić information content (AvgIpc) is 3.25. The van der Waals surface area contributed by atoms with E-state index in [1.807, 2.05) is 55.9 Å². The van der Waals surface area contributed by atoms with Crippen molar-refractivity contribution in [1.29, 1.82) is 0 Å². The molecule has 0 atom stereocenters. The summed E-state index contributed by atoms with van der Waals surface area (Å²) in [6.45, 7) is 5.87. The van der Waals surface area contributed by atoms with Crippen LogP contribution in [-0.4, -0.2) is 25.7 Å². The Bertz CT molecular complexity index is 1080. The van der Waals surface area contributed by atoms with Gasteiger partial charge in [0.05, 0.1) is 5.69 Å². The third-order valence-corrected chi connectivity index (χ3v) is 5.60. The van der Waals surface area contributed by atoms with Gasteiger partial charge in [-0.25, -0.2) is 4.98 Å². The van der Waals surface area contributed by atoms with E-state index in [1.165, 1.54) is 22.7 Å². The van der Waals surface area contributed by atoms with Crippen LogP contribution < -0.4 is 5.32 Å². The number of nitrogens with one attached hydrogen (secondary N) is 1. The van der Waals surface area contributed by atoms with Crippen LogP contribution in [0, 0.1) is 20.8 Å². The van der Waals surface area contributed by atoms with Crippen molar-refractivity contribution in [3.63, 3.8) is 0 Å². The summed E-state index contributed by atoms with van der Waals surface area (Å²) < 4.78 is 1.96. The lowest BCUT2D eigenvalue weighted by atomic mass is 10.1. The number of aryl methyl sites for hydroxylation is 3. The van der Waals surface area contributed by atoms with Crippen molar-refractivity contribution in [1.82, 2.24) is 19.7 Å². The Morgan fingerprint density at radius 2 is 1.88 bits per heavy atom.